The van der Waals surface area contributed by atoms with Gasteiger partial charge in [-0.1, -0.05) is 0 Å². The molecule has 2 heteroatoms. The Morgan fingerprint density at radius 3 is 1.25 bits per heavy atom. The molecule has 0 unspecified atom stereocenters. The third kappa shape index (κ3) is 9.84. The molecule has 0 atom stereocenters. The van der Waals surface area contributed by atoms with Gasteiger partial charge in [-0.05, 0) is 0 Å². The predicted molar refractivity (Wildman–Crippen MR) is 19.7 cm³/mol. The van der Waals surface area contributed by atoms with Crippen LogP contribution in [0.5, 0.6) is 0 Å². The molecule has 0 nitrogen and oxygen atoms in total. The smallest absolute Gasteiger partial charge is 0 e. The first-order valence-electron chi connectivity index (χ1n) is 0.408. The van der Waals surface area contributed by atoms with Gasteiger partial charge in [-0.3, -0.25) is 0 Å². The van der Waals surface area contributed by atoms with E-state index in [1.165, 1.54) is 0 Å². The van der Waals surface area contributed by atoms with E-state index in [4.69, 9.17) is 0 Å². The van der Waals surface area contributed by atoms with Crippen LogP contribution in [0, 0.1) is 7.43 Å². The van der Waals surface area contributed by atoms with Gasteiger partial charge in [0.05, 0.1) is 0 Å². The van der Waals surface area contributed by atoms with Crippen LogP contribution < -0.4 is 0 Å². The van der Waals surface area contributed by atoms with E-state index in [1.807, 2.05) is 0 Å². The Hall–Kier alpha value is 1.45. The maximum Gasteiger partial charge on any atom is 0 e. The summed E-state index contributed by atoms with van der Waals surface area (Å²) in [6.45, 7) is 0. The van der Waals surface area contributed by atoms with E-state index in [0.29, 0.717) is 0 Å². The molecule has 0 saturated heterocycles. The average molecular weight is 151 g/mol. The molecule has 0 fully saturated rings. The van der Waals surface area contributed by atoms with Gasteiger partial charge < -0.3 is 20.1 Å². The minimum absolute atomic E-state index is 0. The molecular formula is C2H6SY-2. The minimum Gasteiger partial charge on any atom is -0.796 e. The Labute approximate surface area is 58.6 Å². The summed E-state index contributed by atoms with van der Waals surface area (Å²) in [5.74, 6) is 0. The first-order chi connectivity index (χ1) is 1.00. The van der Waals surface area contributed by atoms with E-state index in [9.17, 15) is 0 Å². The first kappa shape index (κ1) is 18.0. The summed E-state index contributed by atoms with van der Waals surface area (Å²) < 4.78 is 0. The van der Waals surface area contributed by atoms with Crippen LogP contribution in [0.3, 0.4) is 0 Å². The van der Waals surface area contributed by atoms with Gasteiger partial charge >= 0.3 is 0 Å². The van der Waals surface area contributed by atoms with Crippen molar-refractivity contribution in [2.45, 2.75) is 0 Å². The summed E-state index contributed by atoms with van der Waals surface area (Å²) in [6.07, 6.45) is 1.58. The molecule has 0 bridgehead atoms. The van der Waals surface area contributed by atoms with Crippen LogP contribution in [-0.4, -0.2) is 6.26 Å². The standard InChI is InChI=1S/CH4S.CH3.Y/c1-2;;/h2H,1H3;1H3;/q;-1;/p-1. The van der Waals surface area contributed by atoms with Crippen LogP contribution in [0.4, 0.5) is 0 Å². The van der Waals surface area contributed by atoms with E-state index in [2.05, 4.69) is 12.6 Å². The third-order valence-electron chi connectivity index (χ3n) is 0. The Balaban J connectivity index is -0.00000000500. The monoisotopic (exact) mass is 151 g/mol. The van der Waals surface area contributed by atoms with Crippen LogP contribution in [0.25, 0.3) is 0 Å². The molecule has 0 amide bonds. The van der Waals surface area contributed by atoms with E-state index in [1.54, 1.807) is 6.26 Å². The molecule has 0 saturated carbocycles. The van der Waals surface area contributed by atoms with Gasteiger partial charge in [0.25, 0.3) is 0 Å². The number of rotatable bonds is 0. The Kier molecular flexibility index (Phi) is 113. The fourth-order valence-electron chi connectivity index (χ4n) is 0. The van der Waals surface area contributed by atoms with Crippen LogP contribution in [0.2, 0.25) is 0 Å². The molecule has 0 N–H and O–H groups in total. The van der Waals surface area contributed by atoms with Gasteiger partial charge in [-0.2, -0.15) is 6.26 Å². The normalized spacial score (nSPS) is 1.50. The zero-order valence-electron chi connectivity index (χ0n) is 2.99. The molecule has 0 spiro atoms. The van der Waals surface area contributed by atoms with E-state index >= 15 is 0 Å². The zero-order chi connectivity index (χ0) is 2.00. The van der Waals surface area contributed by atoms with Gasteiger partial charge in [0, 0.05) is 32.7 Å². The van der Waals surface area contributed by atoms with Crippen LogP contribution in [-0.2, 0) is 45.3 Å². The molecular weight excluding hydrogens is 145 g/mol. The van der Waals surface area contributed by atoms with Gasteiger partial charge in [-0.25, -0.2) is 0 Å². The summed E-state index contributed by atoms with van der Waals surface area (Å²) in [5, 5.41) is 0. The number of hydrogen-bond donors (Lipinski definition) is 0. The van der Waals surface area contributed by atoms with Crippen molar-refractivity contribution in [2.24, 2.45) is 0 Å². The van der Waals surface area contributed by atoms with Crippen molar-refractivity contribution in [2.75, 3.05) is 6.26 Å². The molecule has 0 heterocycles. The minimum atomic E-state index is 0. The second-order valence-electron chi connectivity index (χ2n) is 0. The second kappa shape index (κ2) is 25.1. The van der Waals surface area contributed by atoms with E-state index in [-0.39, 0.29) is 40.1 Å². The maximum absolute atomic E-state index is 4.08. The van der Waals surface area contributed by atoms with Gasteiger partial charge in [0.2, 0.25) is 0 Å². The van der Waals surface area contributed by atoms with Crippen molar-refractivity contribution in [1.29, 1.82) is 0 Å². The average Bonchev–Trinajstić information content (AvgIpc) is 1.00. The largest absolute Gasteiger partial charge is 0.796 e. The van der Waals surface area contributed by atoms with Crippen LogP contribution in [0.15, 0.2) is 0 Å². The summed E-state index contributed by atoms with van der Waals surface area (Å²) in [4.78, 5) is 0. The molecule has 0 aliphatic carbocycles. The predicted octanol–water partition coefficient (Wildman–Crippen LogP) is 0.611. The molecule has 0 aromatic heterocycles. The van der Waals surface area contributed by atoms with Gasteiger partial charge in [0.15, 0.2) is 0 Å². The quantitative estimate of drug-likeness (QED) is 0.361. The van der Waals surface area contributed by atoms with Crippen LogP contribution in [0.1, 0.15) is 0 Å². The summed E-state index contributed by atoms with van der Waals surface area (Å²) in [6, 6.07) is 0. The molecule has 0 aliphatic heterocycles. The van der Waals surface area contributed by atoms with E-state index < -0.39 is 0 Å². The molecule has 0 aromatic carbocycles. The van der Waals surface area contributed by atoms with Crippen molar-refractivity contribution >= 4 is 12.6 Å². The van der Waals surface area contributed by atoms with Crippen molar-refractivity contribution in [3.63, 3.8) is 0 Å². The van der Waals surface area contributed by atoms with Crippen molar-refractivity contribution in [3.05, 3.63) is 7.43 Å². The van der Waals surface area contributed by atoms with Crippen molar-refractivity contribution in [3.8, 4) is 0 Å². The van der Waals surface area contributed by atoms with Gasteiger partial charge in [0.1, 0.15) is 0 Å². The Morgan fingerprint density at radius 2 is 1.25 bits per heavy atom. The fraction of sp³-hybridized carbons (Fsp3) is 0.500. The van der Waals surface area contributed by atoms with E-state index in [0.717, 1.165) is 0 Å². The molecule has 25 valence electrons. The van der Waals surface area contributed by atoms with Gasteiger partial charge in [-0.15, -0.1) is 0 Å². The van der Waals surface area contributed by atoms with Crippen LogP contribution >= 0.6 is 0 Å². The first-order valence-corrected chi connectivity index (χ1v) is 1.22. The summed E-state index contributed by atoms with van der Waals surface area (Å²) in [5.41, 5.74) is 0. The van der Waals surface area contributed by atoms with Crippen molar-refractivity contribution in [1.82, 2.24) is 0 Å². The third-order valence-corrected chi connectivity index (χ3v) is 0. The molecule has 1 radical (unpaired) electrons. The molecule has 0 aromatic rings. The Bertz CT molecular complexity index is 6.00. The zero-order valence-corrected chi connectivity index (χ0v) is 6.64. The molecule has 4 heavy (non-hydrogen) atoms. The molecule has 0 aliphatic rings. The number of hydrogen-bond acceptors (Lipinski definition) is 1. The fourth-order valence-corrected chi connectivity index (χ4v) is 0. The SMILES string of the molecule is C[S-].[CH3-].[Y]. The summed E-state index contributed by atoms with van der Waals surface area (Å²) >= 11 is 4.08. The Morgan fingerprint density at radius 1 is 1.25 bits per heavy atom. The second-order valence-corrected chi connectivity index (χ2v) is 0. The topological polar surface area (TPSA) is 0 Å². The van der Waals surface area contributed by atoms with Crippen molar-refractivity contribution < 1.29 is 32.7 Å². The maximum atomic E-state index is 4.08. The molecule has 0 rings (SSSR count). The summed E-state index contributed by atoms with van der Waals surface area (Å²) in [7, 11) is 0.